The number of aryl methyl sites for hydroxylation is 2. The molecule has 2 N–H and O–H groups in total. The molecule has 1 aliphatic rings. The molecule has 5 heterocycles. The molecule has 4 aromatic heterocycles. The van der Waals surface area contributed by atoms with Gasteiger partial charge in [-0.25, -0.2) is 9.97 Å². The van der Waals surface area contributed by atoms with Gasteiger partial charge in [0.1, 0.15) is 24.0 Å². The van der Waals surface area contributed by atoms with Crippen LogP contribution < -0.4 is 4.74 Å². The first-order valence-electron chi connectivity index (χ1n) is 11.6. The second-order valence-corrected chi connectivity index (χ2v) is 10.2. The van der Waals surface area contributed by atoms with Gasteiger partial charge in [0.05, 0.1) is 27.1 Å². The van der Waals surface area contributed by atoms with Gasteiger partial charge >= 0.3 is 0 Å². The largest absolute Gasteiger partial charge is 0.485 e. The molecule has 0 spiro atoms. The number of benzene rings is 3. The number of ether oxygens (including phenoxy) is 1. The maximum Gasteiger partial charge on any atom is 0.147 e. The van der Waals surface area contributed by atoms with Gasteiger partial charge in [-0.1, -0.05) is 18.2 Å². The molecular formula is C28H19N5OS. The van der Waals surface area contributed by atoms with Crippen molar-refractivity contribution in [3.63, 3.8) is 0 Å². The lowest BCUT2D eigenvalue weighted by Gasteiger charge is -2.17. The maximum atomic E-state index is 6.23. The molecule has 0 unspecified atom stereocenters. The van der Waals surface area contributed by atoms with Crippen molar-refractivity contribution >= 4 is 54.0 Å². The summed E-state index contributed by atoms with van der Waals surface area (Å²) < 4.78 is 7.39. The zero-order valence-corrected chi connectivity index (χ0v) is 19.9. The number of fused-ring (bicyclic) bond motifs is 11. The molecule has 0 saturated carbocycles. The number of aromatic nitrogens is 5. The number of nitrogens with one attached hydrogen (secondary N) is 2. The Morgan fingerprint density at radius 3 is 2.74 bits per heavy atom. The van der Waals surface area contributed by atoms with Crippen LogP contribution in [0.5, 0.6) is 5.75 Å². The highest BCUT2D eigenvalue weighted by atomic mass is 32.1. The Labute approximate surface area is 203 Å². The first-order valence-corrected chi connectivity index (χ1v) is 12.4. The molecule has 0 atom stereocenters. The van der Waals surface area contributed by atoms with Gasteiger partial charge in [0, 0.05) is 33.6 Å². The van der Waals surface area contributed by atoms with E-state index in [1.54, 1.807) is 11.3 Å². The normalized spacial score (nSPS) is 13.0. The van der Waals surface area contributed by atoms with E-state index in [0.29, 0.717) is 6.61 Å². The molecule has 0 radical (unpaired) electrons. The Morgan fingerprint density at radius 2 is 1.80 bits per heavy atom. The minimum absolute atomic E-state index is 0.519. The molecule has 0 aliphatic carbocycles. The van der Waals surface area contributed by atoms with Crippen molar-refractivity contribution < 1.29 is 4.74 Å². The highest BCUT2D eigenvalue weighted by Crippen LogP contribution is 2.47. The van der Waals surface area contributed by atoms with E-state index < -0.39 is 0 Å². The summed E-state index contributed by atoms with van der Waals surface area (Å²) in [6, 6.07) is 15.4. The van der Waals surface area contributed by atoms with E-state index in [1.807, 2.05) is 26.2 Å². The first kappa shape index (κ1) is 19.1. The third kappa shape index (κ3) is 2.61. The van der Waals surface area contributed by atoms with Crippen LogP contribution in [0.15, 0.2) is 54.9 Å². The standard InChI is InChI=1S/C28H19N5OS/c1-13-30-22-12-34-27-19(24(22)31-13)6-4-16-10-23(35-28(16)27)15-3-5-18-20(9-15)17-7-8-29-11-21(17)26-25(18)32-14(2)33-26/h3-11H,12H2,1-2H3,(H,30,31)(H,32,33). The van der Waals surface area contributed by atoms with Crippen molar-refractivity contribution in [2.24, 2.45) is 0 Å². The van der Waals surface area contributed by atoms with Crippen LogP contribution in [-0.4, -0.2) is 24.9 Å². The zero-order chi connectivity index (χ0) is 23.3. The minimum Gasteiger partial charge on any atom is -0.485 e. The average Bonchev–Trinajstić information content (AvgIpc) is 3.59. The SMILES string of the molecule is Cc1nc2c([nH]1)COc1c-2ccc2cc(-c3ccc4c(c3)c3ccncc3c3nc(C)[nH]c43)sc12. The Balaban J connectivity index is 1.36. The van der Waals surface area contributed by atoms with Gasteiger partial charge in [-0.3, -0.25) is 4.98 Å². The minimum atomic E-state index is 0.519. The summed E-state index contributed by atoms with van der Waals surface area (Å²) in [6.07, 6.45) is 3.77. The fourth-order valence-corrected chi connectivity index (χ4v) is 6.56. The molecule has 0 amide bonds. The fraction of sp³-hybridized carbons (Fsp3) is 0.107. The average molecular weight is 474 g/mol. The number of H-pyrrole nitrogens is 2. The molecular weight excluding hydrogens is 454 g/mol. The van der Waals surface area contributed by atoms with Gasteiger partial charge in [0.2, 0.25) is 0 Å². The third-order valence-corrected chi connectivity index (χ3v) is 8.12. The Kier molecular flexibility index (Phi) is 3.64. The molecule has 7 aromatic rings. The maximum absolute atomic E-state index is 6.23. The second kappa shape index (κ2) is 6.67. The van der Waals surface area contributed by atoms with Crippen LogP contribution in [0.3, 0.4) is 0 Å². The zero-order valence-electron chi connectivity index (χ0n) is 19.1. The lowest BCUT2D eigenvalue weighted by atomic mass is 9.98. The summed E-state index contributed by atoms with van der Waals surface area (Å²) in [5.41, 5.74) is 6.34. The summed E-state index contributed by atoms with van der Waals surface area (Å²) in [4.78, 5) is 21.8. The van der Waals surface area contributed by atoms with Crippen LogP contribution in [0.1, 0.15) is 17.3 Å². The van der Waals surface area contributed by atoms with Crippen LogP contribution in [0.25, 0.3) is 64.4 Å². The van der Waals surface area contributed by atoms with Gasteiger partial charge in [-0.15, -0.1) is 11.3 Å². The lowest BCUT2D eigenvalue weighted by molar-refractivity contribution is 0.302. The molecule has 0 fully saturated rings. The quantitative estimate of drug-likeness (QED) is 0.251. The summed E-state index contributed by atoms with van der Waals surface area (Å²) in [5, 5.41) is 5.79. The second-order valence-electron chi connectivity index (χ2n) is 9.14. The molecule has 8 rings (SSSR count). The van der Waals surface area contributed by atoms with E-state index in [4.69, 9.17) is 14.7 Å². The number of thiophene rings is 1. The highest BCUT2D eigenvalue weighted by molar-refractivity contribution is 7.22. The van der Waals surface area contributed by atoms with Gasteiger partial charge in [0.15, 0.2) is 0 Å². The lowest BCUT2D eigenvalue weighted by Crippen LogP contribution is -2.05. The van der Waals surface area contributed by atoms with Crippen molar-refractivity contribution in [2.45, 2.75) is 20.5 Å². The molecule has 7 heteroatoms. The van der Waals surface area contributed by atoms with E-state index in [1.165, 1.54) is 32.0 Å². The van der Waals surface area contributed by atoms with E-state index in [2.05, 4.69) is 57.4 Å². The van der Waals surface area contributed by atoms with E-state index in [-0.39, 0.29) is 0 Å². The van der Waals surface area contributed by atoms with E-state index in [0.717, 1.165) is 55.5 Å². The van der Waals surface area contributed by atoms with Crippen molar-refractivity contribution in [1.82, 2.24) is 24.9 Å². The molecule has 3 aromatic carbocycles. The Morgan fingerprint density at radius 1 is 0.886 bits per heavy atom. The monoisotopic (exact) mass is 473 g/mol. The first-order chi connectivity index (χ1) is 17.1. The summed E-state index contributed by atoms with van der Waals surface area (Å²) >= 11 is 1.77. The van der Waals surface area contributed by atoms with Gasteiger partial charge in [0.25, 0.3) is 0 Å². The molecule has 0 bridgehead atoms. The molecule has 6 nitrogen and oxygen atoms in total. The summed E-state index contributed by atoms with van der Waals surface area (Å²) in [5.74, 6) is 2.76. The van der Waals surface area contributed by atoms with Gasteiger partial charge in [-0.05, 0) is 59.8 Å². The molecule has 35 heavy (non-hydrogen) atoms. The number of hydrogen-bond acceptors (Lipinski definition) is 5. The summed E-state index contributed by atoms with van der Waals surface area (Å²) in [7, 11) is 0. The van der Waals surface area contributed by atoms with Gasteiger partial charge < -0.3 is 14.7 Å². The third-order valence-electron chi connectivity index (χ3n) is 6.92. The predicted molar refractivity (Wildman–Crippen MR) is 141 cm³/mol. The van der Waals surface area contributed by atoms with E-state index >= 15 is 0 Å². The topological polar surface area (TPSA) is 79.5 Å². The Bertz CT molecular complexity index is 1990. The predicted octanol–water partition coefficient (Wildman–Crippen LogP) is 7.05. The number of imidazole rings is 2. The van der Waals surface area contributed by atoms with Gasteiger partial charge in [-0.2, -0.15) is 0 Å². The number of hydrogen-bond donors (Lipinski definition) is 2. The van der Waals surface area contributed by atoms with Crippen LogP contribution in [0.4, 0.5) is 0 Å². The fourth-order valence-electron chi connectivity index (χ4n) is 5.40. The number of nitrogens with zero attached hydrogens (tertiary/aromatic N) is 3. The van der Waals surface area contributed by atoms with Crippen LogP contribution in [0, 0.1) is 13.8 Å². The highest BCUT2D eigenvalue weighted by Gasteiger charge is 2.24. The number of rotatable bonds is 1. The number of aromatic amines is 2. The van der Waals surface area contributed by atoms with Crippen molar-refractivity contribution in [1.29, 1.82) is 0 Å². The summed E-state index contributed by atoms with van der Waals surface area (Å²) in [6.45, 7) is 4.50. The number of pyridine rings is 1. The van der Waals surface area contributed by atoms with Crippen LogP contribution in [-0.2, 0) is 6.61 Å². The van der Waals surface area contributed by atoms with Crippen LogP contribution >= 0.6 is 11.3 Å². The van der Waals surface area contributed by atoms with Crippen molar-refractivity contribution in [2.75, 3.05) is 0 Å². The van der Waals surface area contributed by atoms with Crippen molar-refractivity contribution in [3.8, 4) is 27.4 Å². The van der Waals surface area contributed by atoms with Crippen molar-refractivity contribution in [3.05, 3.63) is 72.2 Å². The molecule has 168 valence electrons. The van der Waals surface area contributed by atoms with E-state index in [9.17, 15) is 0 Å². The smallest absolute Gasteiger partial charge is 0.147 e. The molecule has 1 aliphatic heterocycles. The Hall–Kier alpha value is -4.23. The van der Waals surface area contributed by atoms with Crippen LogP contribution in [0.2, 0.25) is 0 Å². The molecule has 0 saturated heterocycles.